The third-order valence-corrected chi connectivity index (χ3v) is 7.18. The molecule has 2 saturated heterocycles. The quantitative estimate of drug-likeness (QED) is 0.341. The predicted molar refractivity (Wildman–Crippen MR) is 150 cm³/mol. The molecule has 10 nitrogen and oxygen atoms in total. The number of nitrogens with two attached hydrogens (primary N) is 1. The van der Waals surface area contributed by atoms with Crippen molar-refractivity contribution in [2.45, 2.75) is 38.8 Å². The number of pyridine rings is 1. The Hall–Kier alpha value is -3.73. The number of ether oxygens (including phenoxy) is 2. The molecule has 0 saturated carbocycles. The molecular weight excluding hydrogens is 498 g/mol. The van der Waals surface area contributed by atoms with Gasteiger partial charge in [0.15, 0.2) is 0 Å². The number of imidazole rings is 1. The SMILES string of the molecule is CC(O)C(=O)O.CC1(COc2ccc3c(c2)ncn3-c2ccc3cccc(N4CCC(N)CC4)c3n2)COC1. The van der Waals surface area contributed by atoms with Gasteiger partial charge in [0.25, 0.3) is 0 Å². The van der Waals surface area contributed by atoms with Gasteiger partial charge in [0.1, 0.15) is 24.0 Å². The number of aromatic nitrogens is 3. The van der Waals surface area contributed by atoms with Crippen LogP contribution in [-0.4, -0.2) is 75.8 Å². The Labute approximate surface area is 227 Å². The molecule has 6 rings (SSSR count). The van der Waals surface area contributed by atoms with Crippen LogP contribution in [0.25, 0.3) is 27.8 Å². The second-order valence-corrected chi connectivity index (χ2v) is 10.7. The van der Waals surface area contributed by atoms with Gasteiger partial charge in [0, 0.05) is 36.0 Å². The Morgan fingerprint density at radius 3 is 2.62 bits per heavy atom. The molecule has 4 N–H and O–H groups in total. The number of nitrogens with zero attached hydrogens (tertiary/aromatic N) is 4. The van der Waals surface area contributed by atoms with Crippen molar-refractivity contribution in [2.24, 2.45) is 11.1 Å². The highest BCUT2D eigenvalue weighted by atomic mass is 16.5. The van der Waals surface area contributed by atoms with Crippen LogP contribution >= 0.6 is 0 Å². The summed E-state index contributed by atoms with van der Waals surface area (Å²) in [5, 5.41) is 16.9. The first kappa shape index (κ1) is 26.9. The third kappa shape index (κ3) is 5.98. The minimum atomic E-state index is -1.23. The number of carboxylic acid groups (broad SMARTS) is 1. The van der Waals surface area contributed by atoms with Crippen molar-refractivity contribution < 1.29 is 24.5 Å². The lowest BCUT2D eigenvalue weighted by Crippen LogP contribution is -2.44. The molecule has 1 unspecified atom stereocenters. The van der Waals surface area contributed by atoms with Crippen LogP contribution in [0.2, 0.25) is 0 Å². The van der Waals surface area contributed by atoms with Gasteiger partial charge in [0.05, 0.1) is 42.1 Å². The monoisotopic (exact) mass is 533 g/mol. The molecule has 0 radical (unpaired) electrons. The van der Waals surface area contributed by atoms with Gasteiger partial charge in [-0.2, -0.15) is 0 Å². The van der Waals surface area contributed by atoms with Gasteiger partial charge in [-0.25, -0.2) is 14.8 Å². The van der Waals surface area contributed by atoms with Crippen LogP contribution in [0.15, 0.2) is 54.9 Å². The summed E-state index contributed by atoms with van der Waals surface area (Å²) >= 11 is 0. The van der Waals surface area contributed by atoms with Gasteiger partial charge < -0.3 is 30.3 Å². The number of para-hydroxylation sites is 1. The average molecular weight is 534 g/mol. The minimum absolute atomic E-state index is 0.112. The van der Waals surface area contributed by atoms with Crippen LogP contribution in [0.5, 0.6) is 5.75 Å². The lowest BCUT2D eigenvalue weighted by molar-refractivity contribution is -0.145. The minimum Gasteiger partial charge on any atom is -0.493 e. The van der Waals surface area contributed by atoms with Gasteiger partial charge in [-0.1, -0.05) is 19.1 Å². The number of aliphatic carboxylic acids is 1. The Morgan fingerprint density at radius 1 is 1.21 bits per heavy atom. The van der Waals surface area contributed by atoms with Crippen molar-refractivity contribution in [3.63, 3.8) is 0 Å². The van der Waals surface area contributed by atoms with Crippen LogP contribution in [0.3, 0.4) is 0 Å². The fourth-order valence-electron chi connectivity index (χ4n) is 4.71. The van der Waals surface area contributed by atoms with E-state index in [1.165, 1.54) is 12.6 Å². The summed E-state index contributed by atoms with van der Waals surface area (Å²) < 4.78 is 13.4. The number of aliphatic hydroxyl groups is 1. The molecule has 2 aromatic heterocycles. The Balaban J connectivity index is 0.000000465. The number of carbonyl (C=O) groups is 1. The second-order valence-electron chi connectivity index (χ2n) is 10.7. The maximum Gasteiger partial charge on any atom is 0.332 e. The smallest absolute Gasteiger partial charge is 0.332 e. The molecule has 2 aliphatic rings. The highest BCUT2D eigenvalue weighted by molar-refractivity contribution is 5.92. The topological polar surface area (TPSA) is 136 Å². The molecule has 4 heterocycles. The number of fused-ring (bicyclic) bond motifs is 2. The summed E-state index contributed by atoms with van der Waals surface area (Å²) in [6.07, 6.45) is 2.63. The second kappa shape index (κ2) is 11.2. The zero-order valence-corrected chi connectivity index (χ0v) is 22.3. The van der Waals surface area contributed by atoms with E-state index >= 15 is 0 Å². The summed E-state index contributed by atoms with van der Waals surface area (Å²) in [5.41, 5.74) is 10.3. The number of rotatable bonds is 6. The molecule has 1 atom stereocenters. The first-order valence-electron chi connectivity index (χ1n) is 13.2. The Bertz CT molecular complexity index is 1460. The number of benzene rings is 2. The molecule has 0 bridgehead atoms. The van der Waals surface area contributed by atoms with Crippen molar-refractivity contribution in [3.05, 3.63) is 54.9 Å². The highest BCUT2D eigenvalue weighted by Crippen LogP contribution is 2.31. The maximum absolute atomic E-state index is 9.45. The molecule has 206 valence electrons. The normalized spacial score (nSPS) is 17.8. The van der Waals surface area contributed by atoms with E-state index in [0.717, 1.165) is 72.6 Å². The van der Waals surface area contributed by atoms with Crippen molar-refractivity contribution in [1.29, 1.82) is 0 Å². The van der Waals surface area contributed by atoms with E-state index in [0.29, 0.717) is 12.6 Å². The fourth-order valence-corrected chi connectivity index (χ4v) is 4.71. The van der Waals surface area contributed by atoms with Crippen LogP contribution in [0.1, 0.15) is 26.7 Å². The number of hydrogen-bond acceptors (Lipinski definition) is 8. The molecule has 2 aromatic carbocycles. The van der Waals surface area contributed by atoms with Gasteiger partial charge in [0.2, 0.25) is 0 Å². The van der Waals surface area contributed by atoms with Crippen molar-refractivity contribution >= 4 is 33.6 Å². The lowest BCUT2D eigenvalue weighted by Gasteiger charge is -2.37. The predicted octanol–water partition coefficient (Wildman–Crippen LogP) is 3.37. The van der Waals surface area contributed by atoms with E-state index in [1.807, 2.05) is 23.0 Å². The number of anilines is 1. The van der Waals surface area contributed by atoms with Gasteiger partial charge in [-0.15, -0.1) is 0 Å². The van der Waals surface area contributed by atoms with E-state index in [9.17, 15) is 4.79 Å². The molecular formula is C29H35N5O5. The summed E-state index contributed by atoms with van der Waals surface area (Å²) in [4.78, 5) is 21.6. The van der Waals surface area contributed by atoms with Crippen LogP contribution < -0.4 is 15.4 Å². The summed E-state index contributed by atoms with van der Waals surface area (Å²) in [5.74, 6) is 0.506. The molecule has 0 aliphatic carbocycles. The van der Waals surface area contributed by atoms with Crippen molar-refractivity contribution in [2.75, 3.05) is 37.8 Å². The first-order valence-corrected chi connectivity index (χ1v) is 13.2. The molecule has 4 aromatic rings. The number of carboxylic acids is 1. The molecule has 0 amide bonds. The zero-order valence-electron chi connectivity index (χ0n) is 22.3. The van der Waals surface area contributed by atoms with Crippen molar-refractivity contribution in [1.82, 2.24) is 14.5 Å². The summed E-state index contributed by atoms with van der Waals surface area (Å²) in [7, 11) is 0. The van der Waals surface area contributed by atoms with Gasteiger partial charge in [-0.3, -0.25) is 4.57 Å². The summed E-state index contributed by atoms with van der Waals surface area (Å²) in [6, 6.07) is 17.0. The van der Waals surface area contributed by atoms with E-state index in [2.05, 4.69) is 53.2 Å². The molecule has 2 fully saturated rings. The van der Waals surface area contributed by atoms with E-state index in [4.69, 9.17) is 30.4 Å². The number of hydrogen-bond donors (Lipinski definition) is 3. The third-order valence-electron chi connectivity index (χ3n) is 7.18. The molecule has 2 aliphatic heterocycles. The van der Waals surface area contributed by atoms with E-state index in [-0.39, 0.29) is 5.41 Å². The van der Waals surface area contributed by atoms with E-state index in [1.54, 1.807) is 0 Å². The molecule has 39 heavy (non-hydrogen) atoms. The fraction of sp³-hybridized carbons (Fsp3) is 0.414. The lowest BCUT2D eigenvalue weighted by atomic mass is 9.90. The van der Waals surface area contributed by atoms with Crippen molar-refractivity contribution in [3.8, 4) is 11.6 Å². The van der Waals surface area contributed by atoms with Crippen LogP contribution in [-0.2, 0) is 9.53 Å². The Kier molecular flexibility index (Phi) is 7.69. The molecule has 0 spiro atoms. The standard InChI is InChI=1S/C26H29N5O2.C3H6O3/c1-26(14-32-15-26)16-33-20-6-7-22-21(13-20)28-17-31(22)24-8-5-18-3-2-4-23(25(18)29-24)30-11-9-19(27)10-12-30;1-2(4)3(5)6/h2-8,13,17,19H,9-12,14-16,27H2,1H3;2,4H,1H3,(H,5,6). The van der Waals surface area contributed by atoms with Gasteiger partial charge in [-0.05, 0) is 50.1 Å². The van der Waals surface area contributed by atoms with E-state index < -0.39 is 12.1 Å². The highest BCUT2D eigenvalue weighted by Gasteiger charge is 2.34. The molecule has 10 heteroatoms. The van der Waals surface area contributed by atoms with Crippen LogP contribution in [0, 0.1) is 5.41 Å². The zero-order chi connectivity index (χ0) is 27.6. The largest absolute Gasteiger partial charge is 0.493 e. The number of piperidine rings is 1. The summed E-state index contributed by atoms with van der Waals surface area (Å²) in [6.45, 7) is 7.47. The van der Waals surface area contributed by atoms with Crippen LogP contribution in [0.4, 0.5) is 5.69 Å². The first-order chi connectivity index (χ1) is 18.7. The maximum atomic E-state index is 9.45. The average Bonchev–Trinajstić information content (AvgIpc) is 3.34. The number of aliphatic hydroxyl groups excluding tert-OH is 1. The van der Waals surface area contributed by atoms with Gasteiger partial charge >= 0.3 is 5.97 Å². The Morgan fingerprint density at radius 2 is 1.95 bits per heavy atom.